The zero-order valence-corrected chi connectivity index (χ0v) is 14.4. The fourth-order valence-corrected chi connectivity index (χ4v) is 3.49. The van der Waals surface area contributed by atoms with E-state index in [2.05, 4.69) is 33.1 Å². The van der Waals surface area contributed by atoms with Gasteiger partial charge in [-0.1, -0.05) is 18.6 Å². The summed E-state index contributed by atoms with van der Waals surface area (Å²) < 4.78 is 6.52. The van der Waals surface area contributed by atoms with Crippen molar-refractivity contribution in [1.29, 1.82) is 0 Å². The van der Waals surface area contributed by atoms with Crippen LogP contribution in [0.1, 0.15) is 36.7 Å². The molecule has 1 N–H and O–H groups in total. The molecule has 0 bridgehead atoms. The van der Waals surface area contributed by atoms with Gasteiger partial charge in [-0.05, 0) is 54.4 Å². The number of nitrogens with one attached hydrogen (secondary N) is 1. The van der Waals surface area contributed by atoms with Crippen LogP contribution < -0.4 is 5.32 Å². The summed E-state index contributed by atoms with van der Waals surface area (Å²) in [4.78, 5) is 14.7. The standard InChI is InChI=1S/C17H21BrN2O2/c1-12-5-2-3-9-20(12)10-8-19-17(21)15-11-13-6-4-7-14(18)16(13)22-15/h4,6-7,11-12H,2-3,5,8-10H2,1H3,(H,19,21). The van der Waals surface area contributed by atoms with E-state index in [1.807, 2.05) is 18.2 Å². The number of furan rings is 1. The van der Waals surface area contributed by atoms with Crippen LogP contribution in [0.15, 0.2) is 33.2 Å². The van der Waals surface area contributed by atoms with Crippen molar-refractivity contribution in [2.75, 3.05) is 19.6 Å². The van der Waals surface area contributed by atoms with Crippen molar-refractivity contribution in [3.05, 3.63) is 34.5 Å². The minimum absolute atomic E-state index is 0.146. The minimum atomic E-state index is -0.146. The molecule has 1 saturated heterocycles. The molecule has 0 aliphatic carbocycles. The third-order valence-corrected chi connectivity index (χ3v) is 4.97. The summed E-state index contributed by atoms with van der Waals surface area (Å²) in [5.74, 6) is 0.223. The lowest BCUT2D eigenvalue weighted by atomic mass is 10.0. The number of para-hydroxylation sites is 1. The van der Waals surface area contributed by atoms with Gasteiger partial charge in [0.25, 0.3) is 5.91 Å². The van der Waals surface area contributed by atoms with Crippen LogP contribution in [0.2, 0.25) is 0 Å². The number of fused-ring (bicyclic) bond motifs is 1. The van der Waals surface area contributed by atoms with Crippen LogP contribution in [-0.4, -0.2) is 36.5 Å². The predicted octanol–water partition coefficient (Wildman–Crippen LogP) is 3.80. The maximum Gasteiger partial charge on any atom is 0.287 e. The maximum atomic E-state index is 12.2. The Morgan fingerprint density at radius 2 is 2.32 bits per heavy atom. The average molecular weight is 365 g/mol. The highest BCUT2D eigenvalue weighted by molar-refractivity contribution is 9.10. The number of rotatable bonds is 4. The molecule has 1 amide bonds. The number of carbonyl (C=O) groups excluding carboxylic acids is 1. The second-order valence-electron chi connectivity index (χ2n) is 5.91. The molecule has 0 spiro atoms. The number of piperidine rings is 1. The van der Waals surface area contributed by atoms with Crippen LogP contribution in [0.3, 0.4) is 0 Å². The van der Waals surface area contributed by atoms with Crippen molar-refractivity contribution in [2.24, 2.45) is 0 Å². The van der Waals surface area contributed by atoms with Gasteiger partial charge in [0.2, 0.25) is 0 Å². The third kappa shape index (κ3) is 3.36. The Balaban J connectivity index is 1.58. The molecule has 0 radical (unpaired) electrons. The minimum Gasteiger partial charge on any atom is -0.450 e. The Labute approximate surface area is 139 Å². The average Bonchev–Trinajstić information content (AvgIpc) is 2.95. The van der Waals surface area contributed by atoms with Gasteiger partial charge < -0.3 is 9.73 Å². The summed E-state index contributed by atoms with van der Waals surface area (Å²) >= 11 is 3.44. The third-order valence-electron chi connectivity index (χ3n) is 4.34. The quantitative estimate of drug-likeness (QED) is 0.897. The summed E-state index contributed by atoms with van der Waals surface area (Å²) in [6, 6.07) is 8.19. The Hall–Kier alpha value is -1.33. The molecule has 1 aliphatic heterocycles. The van der Waals surface area contributed by atoms with Crippen molar-refractivity contribution in [3.8, 4) is 0 Å². The molecule has 3 rings (SSSR count). The molecule has 4 nitrogen and oxygen atoms in total. The largest absolute Gasteiger partial charge is 0.450 e. The SMILES string of the molecule is CC1CCCCN1CCNC(=O)c1cc2cccc(Br)c2o1. The molecule has 2 aromatic rings. The van der Waals surface area contributed by atoms with E-state index < -0.39 is 0 Å². The highest BCUT2D eigenvalue weighted by Crippen LogP contribution is 2.26. The molecule has 5 heteroatoms. The smallest absolute Gasteiger partial charge is 0.287 e. The monoisotopic (exact) mass is 364 g/mol. The van der Waals surface area contributed by atoms with Crippen LogP contribution in [0.25, 0.3) is 11.0 Å². The van der Waals surface area contributed by atoms with E-state index in [0.29, 0.717) is 18.3 Å². The molecule has 1 aromatic heterocycles. The Morgan fingerprint density at radius 1 is 1.45 bits per heavy atom. The lowest BCUT2D eigenvalue weighted by Crippen LogP contribution is -2.42. The first-order valence-corrected chi connectivity index (χ1v) is 8.65. The summed E-state index contributed by atoms with van der Waals surface area (Å²) in [7, 11) is 0. The first kappa shape index (κ1) is 15.6. The highest BCUT2D eigenvalue weighted by atomic mass is 79.9. The van der Waals surface area contributed by atoms with E-state index in [1.54, 1.807) is 6.07 Å². The second kappa shape index (κ2) is 6.84. The van der Waals surface area contributed by atoms with Crippen molar-refractivity contribution in [2.45, 2.75) is 32.2 Å². The van der Waals surface area contributed by atoms with Gasteiger partial charge in [-0.15, -0.1) is 0 Å². The first-order valence-electron chi connectivity index (χ1n) is 7.85. The maximum absolute atomic E-state index is 12.2. The Morgan fingerprint density at radius 3 is 3.09 bits per heavy atom. The number of hydrogen-bond acceptors (Lipinski definition) is 3. The zero-order valence-electron chi connectivity index (χ0n) is 12.8. The zero-order chi connectivity index (χ0) is 15.5. The van der Waals surface area contributed by atoms with E-state index in [9.17, 15) is 4.79 Å². The molecule has 118 valence electrons. The molecule has 1 unspecified atom stereocenters. The molecule has 1 aliphatic rings. The molecule has 1 aromatic carbocycles. The molecule has 22 heavy (non-hydrogen) atoms. The predicted molar refractivity (Wildman–Crippen MR) is 91.1 cm³/mol. The van der Waals surface area contributed by atoms with Crippen LogP contribution in [0, 0.1) is 0 Å². The number of carbonyl (C=O) groups is 1. The second-order valence-corrected chi connectivity index (χ2v) is 6.76. The van der Waals surface area contributed by atoms with Gasteiger partial charge in [-0.2, -0.15) is 0 Å². The molecular formula is C17H21BrN2O2. The van der Waals surface area contributed by atoms with E-state index >= 15 is 0 Å². The lowest BCUT2D eigenvalue weighted by Gasteiger charge is -2.33. The van der Waals surface area contributed by atoms with Crippen LogP contribution in [0.5, 0.6) is 0 Å². The van der Waals surface area contributed by atoms with Crippen LogP contribution in [0.4, 0.5) is 0 Å². The topological polar surface area (TPSA) is 45.5 Å². The number of amides is 1. The molecule has 0 saturated carbocycles. The van der Waals surface area contributed by atoms with E-state index in [0.717, 1.165) is 28.5 Å². The van der Waals surface area contributed by atoms with Gasteiger partial charge in [0.1, 0.15) is 5.58 Å². The van der Waals surface area contributed by atoms with Crippen molar-refractivity contribution in [3.63, 3.8) is 0 Å². The van der Waals surface area contributed by atoms with Gasteiger partial charge >= 0.3 is 0 Å². The number of nitrogens with zero attached hydrogens (tertiary/aromatic N) is 1. The fourth-order valence-electron chi connectivity index (χ4n) is 3.03. The Bertz CT molecular complexity index is 668. The van der Waals surface area contributed by atoms with Crippen LogP contribution in [-0.2, 0) is 0 Å². The van der Waals surface area contributed by atoms with Gasteiger partial charge in [-0.3, -0.25) is 9.69 Å². The van der Waals surface area contributed by atoms with E-state index in [4.69, 9.17) is 4.42 Å². The number of hydrogen-bond donors (Lipinski definition) is 1. The van der Waals surface area contributed by atoms with Crippen molar-refractivity contribution >= 4 is 32.8 Å². The summed E-state index contributed by atoms with van der Waals surface area (Å²) in [5, 5.41) is 3.89. The van der Waals surface area contributed by atoms with Crippen molar-refractivity contribution in [1.82, 2.24) is 10.2 Å². The van der Waals surface area contributed by atoms with E-state index in [-0.39, 0.29) is 5.91 Å². The summed E-state index contributed by atoms with van der Waals surface area (Å²) in [6.07, 6.45) is 3.83. The van der Waals surface area contributed by atoms with Crippen molar-refractivity contribution < 1.29 is 9.21 Å². The van der Waals surface area contributed by atoms with Crippen LogP contribution >= 0.6 is 15.9 Å². The first-order chi connectivity index (χ1) is 10.6. The lowest BCUT2D eigenvalue weighted by molar-refractivity contribution is 0.0913. The number of likely N-dealkylation sites (tertiary alicyclic amines) is 1. The molecule has 2 heterocycles. The van der Waals surface area contributed by atoms with Gasteiger partial charge in [0, 0.05) is 24.5 Å². The number of halogens is 1. The fraction of sp³-hybridized carbons (Fsp3) is 0.471. The van der Waals surface area contributed by atoms with Gasteiger partial charge in [-0.25, -0.2) is 0 Å². The van der Waals surface area contributed by atoms with E-state index in [1.165, 1.54) is 19.3 Å². The molecular weight excluding hydrogens is 344 g/mol. The van der Waals surface area contributed by atoms with Gasteiger partial charge in [0.05, 0.1) is 4.47 Å². The summed E-state index contributed by atoms with van der Waals surface area (Å²) in [5.41, 5.74) is 0.720. The Kier molecular flexibility index (Phi) is 4.84. The normalized spacial score (nSPS) is 19.5. The van der Waals surface area contributed by atoms with Gasteiger partial charge in [0.15, 0.2) is 5.76 Å². The highest BCUT2D eigenvalue weighted by Gasteiger charge is 2.18. The number of benzene rings is 1. The molecule has 1 atom stereocenters. The molecule has 1 fully saturated rings. The summed E-state index contributed by atoms with van der Waals surface area (Å²) in [6.45, 7) is 4.95.